The number of hydrogen-bond donors (Lipinski definition) is 0. The van der Waals surface area contributed by atoms with Crippen LogP contribution in [0.25, 0.3) is 0 Å². The number of hydrogen-bond acceptors (Lipinski definition) is 6. The van der Waals surface area contributed by atoms with Crippen LogP contribution < -0.4 is 4.90 Å². The number of furan rings is 1. The predicted molar refractivity (Wildman–Crippen MR) is 94.9 cm³/mol. The number of carbonyl (C=O) groups excluding carboxylic acids is 3. The number of Topliss-reactive ketones (excluding diaryl/α,β-unsaturated/α-hetero) is 2. The van der Waals surface area contributed by atoms with Gasteiger partial charge in [0.1, 0.15) is 29.6 Å². The minimum atomic E-state index is -1.45. The molecular weight excluding hydrogens is 365 g/mol. The molecule has 3 aromatic rings. The van der Waals surface area contributed by atoms with Crippen LogP contribution in [0.3, 0.4) is 0 Å². The van der Waals surface area contributed by atoms with E-state index in [1.807, 2.05) is 0 Å². The number of aryl methyl sites for hydroxylation is 1. The van der Waals surface area contributed by atoms with E-state index in [0.717, 1.165) is 4.90 Å². The second-order valence-electron chi connectivity index (χ2n) is 6.33. The van der Waals surface area contributed by atoms with Crippen LogP contribution in [0, 0.1) is 18.7 Å². The van der Waals surface area contributed by atoms with Crippen molar-refractivity contribution in [3.05, 3.63) is 77.9 Å². The molecule has 1 fully saturated rings. The Kier molecular flexibility index (Phi) is 4.31. The molecule has 2 aromatic heterocycles. The third kappa shape index (κ3) is 2.79. The Morgan fingerprint density at radius 2 is 1.93 bits per heavy atom. The minimum Gasteiger partial charge on any atom is -0.458 e. The van der Waals surface area contributed by atoms with E-state index in [2.05, 4.69) is 9.97 Å². The quantitative estimate of drug-likeness (QED) is 0.393. The lowest BCUT2D eigenvalue weighted by atomic mass is 9.88. The zero-order valence-corrected chi connectivity index (χ0v) is 14.7. The Hall–Kier alpha value is -3.68. The predicted octanol–water partition coefficient (Wildman–Crippen LogP) is 2.67. The molecule has 140 valence electrons. The van der Waals surface area contributed by atoms with E-state index in [9.17, 15) is 18.8 Å². The summed E-state index contributed by atoms with van der Waals surface area (Å²) in [5.41, 5.74) is 0.0435. The average Bonchev–Trinajstić information content (AvgIpc) is 3.24. The fraction of sp³-hybridized carbons (Fsp3) is 0.150. The number of benzene rings is 1. The van der Waals surface area contributed by atoms with Gasteiger partial charge >= 0.3 is 0 Å². The summed E-state index contributed by atoms with van der Waals surface area (Å²) in [5.74, 6) is -4.12. The van der Waals surface area contributed by atoms with Gasteiger partial charge in [0, 0.05) is 11.8 Å². The van der Waals surface area contributed by atoms with Gasteiger partial charge in [-0.1, -0.05) is 18.2 Å². The zero-order valence-electron chi connectivity index (χ0n) is 14.7. The molecule has 1 aliphatic heterocycles. The van der Waals surface area contributed by atoms with Crippen LogP contribution in [-0.4, -0.2) is 27.4 Å². The van der Waals surface area contributed by atoms with Crippen molar-refractivity contribution in [3.8, 4) is 0 Å². The third-order valence-electron chi connectivity index (χ3n) is 4.61. The molecule has 1 amide bonds. The summed E-state index contributed by atoms with van der Waals surface area (Å²) in [4.78, 5) is 47.4. The summed E-state index contributed by atoms with van der Waals surface area (Å²) < 4.78 is 20.0. The minimum absolute atomic E-state index is 0.0435. The summed E-state index contributed by atoms with van der Waals surface area (Å²) in [6.45, 7) is 1.65. The molecule has 0 saturated carbocycles. The Morgan fingerprint density at radius 1 is 1.14 bits per heavy atom. The standard InChI is InChI=1S/C20H14FN3O4/c1-11-6-7-14(28-11)18(25)16-17(12-4-2-3-5-13(12)21)24(20(27)19(16)26)15-8-9-22-10-23-15/h2-10,16-17H,1H3. The first-order valence-corrected chi connectivity index (χ1v) is 8.47. The Morgan fingerprint density at radius 3 is 2.57 bits per heavy atom. The molecule has 8 heteroatoms. The van der Waals surface area contributed by atoms with E-state index in [1.54, 1.807) is 19.1 Å². The third-order valence-corrected chi connectivity index (χ3v) is 4.61. The van der Waals surface area contributed by atoms with Gasteiger partial charge in [-0.05, 0) is 31.2 Å². The van der Waals surface area contributed by atoms with Crippen LogP contribution in [0.15, 0.2) is 59.4 Å². The Labute approximate surface area is 158 Å². The average molecular weight is 379 g/mol. The normalized spacial score (nSPS) is 19.3. The number of aromatic nitrogens is 2. The van der Waals surface area contributed by atoms with E-state index < -0.39 is 35.3 Å². The molecule has 3 heterocycles. The van der Waals surface area contributed by atoms with Crippen LogP contribution in [0.5, 0.6) is 0 Å². The number of rotatable bonds is 4. The van der Waals surface area contributed by atoms with Crippen LogP contribution >= 0.6 is 0 Å². The number of halogens is 1. The number of ketones is 2. The first-order valence-electron chi connectivity index (χ1n) is 8.47. The van der Waals surface area contributed by atoms with E-state index >= 15 is 0 Å². The zero-order chi connectivity index (χ0) is 19.8. The first-order chi connectivity index (χ1) is 13.5. The first kappa shape index (κ1) is 17.7. The van der Waals surface area contributed by atoms with Crippen molar-refractivity contribution < 1.29 is 23.2 Å². The topological polar surface area (TPSA) is 93.4 Å². The van der Waals surface area contributed by atoms with E-state index in [-0.39, 0.29) is 17.1 Å². The monoisotopic (exact) mass is 379 g/mol. The van der Waals surface area contributed by atoms with Gasteiger partial charge in [-0.15, -0.1) is 0 Å². The maximum atomic E-state index is 14.6. The molecule has 7 nitrogen and oxygen atoms in total. The van der Waals surface area contributed by atoms with Crippen LogP contribution in [-0.2, 0) is 9.59 Å². The van der Waals surface area contributed by atoms with Gasteiger partial charge in [0.2, 0.25) is 11.6 Å². The molecule has 0 N–H and O–H groups in total. The van der Waals surface area contributed by atoms with E-state index in [4.69, 9.17) is 4.42 Å². The summed E-state index contributed by atoms with van der Waals surface area (Å²) in [7, 11) is 0. The van der Waals surface area contributed by atoms with Crippen LogP contribution in [0.2, 0.25) is 0 Å². The summed E-state index contributed by atoms with van der Waals surface area (Å²) >= 11 is 0. The molecule has 4 rings (SSSR count). The number of carbonyl (C=O) groups is 3. The summed E-state index contributed by atoms with van der Waals surface area (Å²) in [6.07, 6.45) is 2.60. The second-order valence-corrected chi connectivity index (χ2v) is 6.33. The lowest BCUT2D eigenvalue weighted by Crippen LogP contribution is -2.31. The number of anilines is 1. The highest BCUT2D eigenvalue weighted by Crippen LogP contribution is 2.41. The van der Waals surface area contributed by atoms with Crippen LogP contribution in [0.1, 0.15) is 27.9 Å². The molecule has 2 atom stereocenters. The van der Waals surface area contributed by atoms with Crippen molar-refractivity contribution >= 4 is 23.3 Å². The molecule has 1 aliphatic rings. The van der Waals surface area contributed by atoms with E-state index in [0.29, 0.717) is 5.76 Å². The van der Waals surface area contributed by atoms with Gasteiger partial charge in [0.15, 0.2) is 5.76 Å². The van der Waals surface area contributed by atoms with Gasteiger partial charge in [-0.3, -0.25) is 19.3 Å². The smallest absolute Gasteiger partial charge is 0.297 e. The van der Waals surface area contributed by atoms with Crippen molar-refractivity contribution in [2.75, 3.05) is 4.90 Å². The maximum Gasteiger partial charge on any atom is 0.297 e. The Bertz CT molecular complexity index is 1080. The molecule has 1 saturated heterocycles. The van der Waals surface area contributed by atoms with Crippen LogP contribution in [0.4, 0.5) is 10.2 Å². The Balaban J connectivity index is 1.88. The van der Waals surface area contributed by atoms with E-state index in [1.165, 1.54) is 42.9 Å². The lowest BCUT2D eigenvalue weighted by molar-refractivity contribution is -0.135. The molecule has 0 aliphatic carbocycles. The SMILES string of the molecule is Cc1ccc(C(=O)C2C(=O)C(=O)N(c3ccncn3)C2c2ccccc2F)o1. The molecule has 28 heavy (non-hydrogen) atoms. The molecule has 1 aromatic carbocycles. The van der Waals surface area contributed by atoms with Gasteiger partial charge in [0.05, 0.1) is 6.04 Å². The summed E-state index contributed by atoms with van der Waals surface area (Å²) in [6, 6.07) is 8.95. The second kappa shape index (κ2) is 6.80. The van der Waals surface area contributed by atoms with Gasteiger partial charge < -0.3 is 4.42 Å². The number of nitrogens with zero attached hydrogens (tertiary/aromatic N) is 3. The fourth-order valence-corrected chi connectivity index (χ4v) is 3.36. The van der Waals surface area contributed by atoms with Crippen molar-refractivity contribution in [2.45, 2.75) is 13.0 Å². The van der Waals surface area contributed by atoms with Crippen molar-refractivity contribution in [1.29, 1.82) is 0 Å². The van der Waals surface area contributed by atoms with Crippen molar-refractivity contribution in [2.24, 2.45) is 5.92 Å². The maximum absolute atomic E-state index is 14.6. The molecule has 2 unspecified atom stereocenters. The molecular formula is C20H14FN3O4. The van der Waals surface area contributed by atoms with Gasteiger partial charge in [-0.2, -0.15) is 0 Å². The van der Waals surface area contributed by atoms with Crippen molar-refractivity contribution in [3.63, 3.8) is 0 Å². The lowest BCUT2D eigenvalue weighted by Gasteiger charge is -2.26. The molecule has 0 bridgehead atoms. The fourth-order valence-electron chi connectivity index (χ4n) is 3.36. The number of amides is 1. The molecule has 0 spiro atoms. The largest absolute Gasteiger partial charge is 0.458 e. The highest BCUT2D eigenvalue weighted by molar-refractivity contribution is 6.48. The van der Waals surface area contributed by atoms with Gasteiger partial charge in [-0.25, -0.2) is 14.4 Å². The summed E-state index contributed by atoms with van der Waals surface area (Å²) in [5, 5.41) is 0. The molecule has 0 radical (unpaired) electrons. The van der Waals surface area contributed by atoms with Gasteiger partial charge in [0.25, 0.3) is 5.91 Å². The van der Waals surface area contributed by atoms with Crippen molar-refractivity contribution in [1.82, 2.24) is 9.97 Å². The highest BCUT2D eigenvalue weighted by atomic mass is 19.1. The highest BCUT2D eigenvalue weighted by Gasteiger charge is 2.54.